The van der Waals surface area contributed by atoms with Gasteiger partial charge in [0.1, 0.15) is 0 Å². The van der Waals surface area contributed by atoms with Gasteiger partial charge in [-0.25, -0.2) is 0 Å². The van der Waals surface area contributed by atoms with E-state index in [0.29, 0.717) is 0 Å². The van der Waals surface area contributed by atoms with E-state index in [1.165, 1.54) is 10.5 Å². The average Bonchev–Trinajstić information content (AvgIpc) is 2.28. The molecular weight excluding hydrogens is 180 g/mol. The third-order valence-corrected chi connectivity index (χ3v) is 2.91. The van der Waals surface area contributed by atoms with Crippen molar-refractivity contribution in [1.29, 1.82) is 0 Å². The van der Waals surface area contributed by atoms with E-state index >= 15 is 0 Å². The number of hydrogen-bond acceptors (Lipinski definition) is 2. The average molecular weight is 192 g/mol. The summed E-state index contributed by atoms with van der Waals surface area (Å²) in [5, 5.41) is 0. The van der Waals surface area contributed by atoms with E-state index in [2.05, 4.69) is 36.4 Å². The maximum absolute atomic E-state index is 5.42. The fourth-order valence-corrected chi connectivity index (χ4v) is 2.08. The Kier molecular flexibility index (Phi) is 3.06. The van der Waals surface area contributed by atoms with Crippen molar-refractivity contribution in [2.45, 2.75) is 11.3 Å². The van der Waals surface area contributed by atoms with Crippen LogP contribution in [-0.4, -0.2) is 12.5 Å². The van der Waals surface area contributed by atoms with Crippen LogP contribution in [0.25, 0.3) is 6.08 Å². The quantitative estimate of drug-likeness (QED) is 0.624. The van der Waals surface area contributed by atoms with Crippen molar-refractivity contribution in [3.8, 4) is 0 Å². The van der Waals surface area contributed by atoms with E-state index in [4.69, 9.17) is 4.74 Å². The first-order valence-corrected chi connectivity index (χ1v) is 5.41. The van der Waals surface area contributed by atoms with Crippen LogP contribution in [-0.2, 0) is 4.74 Å². The molecule has 2 heteroatoms. The second-order valence-corrected chi connectivity index (χ2v) is 3.86. The second kappa shape index (κ2) is 4.49. The largest absolute Gasteiger partial charge is 0.370 e. The van der Waals surface area contributed by atoms with Crippen LogP contribution in [0, 0.1) is 0 Å². The van der Waals surface area contributed by atoms with E-state index in [-0.39, 0.29) is 0 Å². The molecule has 1 aliphatic rings. The molecule has 0 saturated carbocycles. The van der Waals surface area contributed by atoms with Crippen LogP contribution < -0.4 is 0 Å². The van der Waals surface area contributed by atoms with Gasteiger partial charge in [-0.2, -0.15) is 0 Å². The fraction of sp³-hybridized carbons (Fsp3) is 0.273. The Hall–Kier alpha value is -0.730. The van der Waals surface area contributed by atoms with E-state index in [9.17, 15) is 0 Å². The summed E-state index contributed by atoms with van der Waals surface area (Å²) in [7, 11) is 0. The molecule has 0 atom stereocenters. The van der Waals surface area contributed by atoms with Crippen LogP contribution in [0.15, 0.2) is 35.2 Å². The first kappa shape index (κ1) is 8.85. The van der Waals surface area contributed by atoms with Gasteiger partial charge in [0.25, 0.3) is 0 Å². The summed E-state index contributed by atoms with van der Waals surface area (Å²) in [6.45, 7) is 0.831. The minimum Gasteiger partial charge on any atom is -0.370 e. The Morgan fingerprint density at radius 1 is 1.23 bits per heavy atom. The highest BCUT2D eigenvalue weighted by Crippen LogP contribution is 2.24. The highest BCUT2D eigenvalue weighted by Gasteiger charge is 2.00. The Balaban J connectivity index is 2.28. The zero-order valence-corrected chi connectivity index (χ0v) is 8.22. The molecule has 1 aromatic carbocycles. The molecule has 13 heavy (non-hydrogen) atoms. The number of benzene rings is 1. The molecule has 0 N–H and O–H groups in total. The Morgan fingerprint density at radius 3 is 3.15 bits per heavy atom. The molecule has 68 valence electrons. The van der Waals surface area contributed by atoms with E-state index in [0.717, 1.165) is 19.0 Å². The summed E-state index contributed by atoms with van der Waals surface area (Å²) in [5.41, 5.74) is 1.30. The summed E-state index contributed by atoms with van der Waals surface area (Å²) < 4.78 is 5.42. The van der Waals surface area contributed by atoms with Crippen molar-refractivity contribution in [2.24, 2.45) is 0 Å². The van der Waals surface area contributed by atoms with Crippen molar-refractivity contribution in [1.82, 2.24) is 0 Å². The van der Waals surface area contributed by atoms with Crippen LogP contribution in [0.1, 0.15) is 12.0 Å². The van der Waals surface area contributed by atoms with Gasteiger partial charge in [-0.3, -0.25) is 0 Å². The monoisotopic (exact) mass is 192 g/mol. The van der Waals surface area contributed by atoms with Gasteiger partial charge in [-0.05, 0) is 18.1 Å². The minimum atomic E-state index is 0.763. The highest BCUT2D eigenvalue weighted by molar-refractivity contribution is 7.99. The fourth-order valence-electron chi connectivity index (χ4n) is 1.28. The van der Waals surface area contributed by atoms with Crippen molar-refractivity contribution in [3.63, 3.8) is 0 Å². The summed E-state index contributed by atoms with van der Waals surface area (Å²) in [5.74, 6) is 0.763. The third-order valence-electron chi connectivity index (χ3n) is 1.94. The molecule has 0 bridgehead atoms. The molecule has 0 fully saturated rings. The molecule has 0 saturated heterocycles. The predicted octanol–water partition coefficient (Wildman–Crippen LogP) is 3.17. The van der Waals surface area contributed by atoms with Gasteiger partial charge in [0.05, 0.1) is 12.5 Å². The Morgan fingerprint density at radius 2 is 2.15 bits per heavy atom. The minimum absolute atomic E-state index is 0.763. The molecular formula is C11H12OS. The van der Waals surface area contributed by atoms with Crippen LogP contribution in [0.3, 0.4) is 0 Å². The molecule has 0 unspecified atom stereocenters. The third kappa shape index (κ3) is 2.36. The zero-order valence-electron chi connectivity index (χ0n) is 7.40. The van der Waals surface area contributed by atoms with Crippen molar-refractivity contribution in [3.05, 3.63) is 35.9 Å². The highest BCUT2D eigenvalue weighted by atomic mass is 32.2. The Bertz CT molecular complexity index is 307. The summed E-state index contributed by atoms with van der Waals surface area (Å²) >= 11 is 1.76. The van der Waals surface area contributed by atoms with Gasteiger partial charge in [0.15, 0.2) is 0 Å². The van der Waals surface area contributed by atoms with E-state index in [1.807, 2.05) is 0 Å². The van der Waals surface area contributed by atoms with Crippen LogP contribution >= 0.6 is 11.8 Å². The summed E-state index contributed by atoms with van der Waals surface area (Å²) in [6.07, 6.45) is 5.36. The molecule has 2 rings (SSSR count). The number of thioether (sulfide) groups is 1. The van der Waals surface area contributed by atoms with Crippen molar-refractivity contribution in [2.75, 3.05) is 12.5 Å². The molecule has 0 spiro atoms. The zero-order chi connectivity index (χ0) is 8.93. The van der Waals surface area contributed by atoms with Gasteiger partial charge >= 0.3 is 0 Å². The molecule has 1 heterocycles. The standard InChI is InChI=1S/C11H12OS/c1-2-7-11-10(5-1)6-3-4-8-12-9-13-11/h1-3,5-7H,4,8-9H2. The first-order chi connectivity index (χ1) is 6.47. The predicted molar refractivity (Wildman–Crippen MR) is 56.8 cm³/mol. The smallest absolute Gasteiger partial charge is 0.0967 e. The topological polar surface area (TPSA) is 9.23 Å². The molecule has 1 aliphatic heterocycles. The number of rotatable bonds is 0. The number of ether oxygens (including phenoxy) is 1. The van der Waals surface area contributed by atoms with Gasteiger partial charge in [-0.1, -0.05) is 42.1 Å². The number of fused-ring (bicyclic) bond motifs is 1. The molecule has 1 aromatic rings. The molecule has 1 nitrogen and oxygen atoms in total. The van der Waals surface area contributed by atoms with Gasteiger partial charge in [0, 0.05) is 4.90 Å². The molecule has 0 radical (unpaired) electrons. The maximum Gasteiger partial charge on any atom is 0.0967 e. The SMILES string of the molecule is C1=Cc2ccccc2SCOCC1. The van der Waals surface area contributed by atoms with Crippen molar-refractivity contribution >= 4 is 17.8 Å². The van der Waals surface area contributed by atoms with E-state index < -0.39 is 0 Å². The summed E-state index contributed by atoms with van der Waals surface area (Å²) in [4.78, 5) is 1.31. The maximum atomic E-state index is 5.42. The molecule has 0 amide bonds. The lowest BCUT2D eigenvalue weighted by atomic mass is 10.2. The molecule has 0 aromatic heterocycles. The summed E-state index contributed by atoms with van der Waals surface area (Å²) in [6, 6.07) is 8.42. The lowest BCUT2D eigenvalue weighted by molar-refractivity contribution is 0.188. The van der Waals surface area contributed by atoms with Gasteiger partial charge < -0.3 is 4.74 Å². The van der Waals surface area contributed by atoms with Crippen molar-refractivity contribution < 1.29 is 4.74 Å². The normalized spacial score (nSPS) is 16.9. The van der Waals surface area contributed by atoms with E-state index in [1.54, 1.807) is 11.8 Å². The number of hydrogen-bond donors (Lipinski definition) is 0. The lowest BCUT2D eigenvalue weighted by Crippen LogP contribution is -1.90. The molecule has 0 aliphatic carbocycles. The first-order valence-electron chi connectivity index (χ1n) is 4.43. The van der Waals surface area contributed by atoms with Gasteiger partial charge in [0.2, 0.25) is 0 Å². The second-order valence-electron chi connectivity index (χ2n) is 2.90. The van der Waals surface area contributed by atoms with Crippen LogP contribution in [0.4, 0.5) is 0 Å². The van der Waals surface area contributed by atoms with Crippen LogP contribution in [0.5, 0.6) is 0 Å². The van der Waals surface area contributed by atoms with Crippen LogP contribution in [0.2, 0.25) is 0 Å². The Labute approximate surface area is 82.8 Å². The van der Waals surface area contributed by atoms with Gasteiger partial charge in [-0.15, -0.1) is 0 Å². The lowest BCUT2D eigenvalue weighted by Gasteiger charge is -2.03.